The van der Waals surface area contributed by atoms with Crippen molar-refractivity contribution in [2.24, 2.45) is 17.8 Å². The Morgan fingerprint density at radius 3 is 2.38 bits per heavy atom. The first-order chi connectivity index (χ1) is 15.5. The molecule has 0 heterocycles. The van der Waals surface area contributed by atoms with Crippen LogP contribution >= 0.6 is 0 Å². The summed E-state index contributed by atoms with van der Waals surface area (Å²) in [6.07, 6.45) is 11.0. The van der Waals surface area contributed by atoms with Crippen LogP contribution < -0.4 is 4.74 Å². The summed E-state index contributed by atoms with van der Waals surface area (Å²) in [7, 11) is 1.66. The third-order valence-electron chi connectivity index (χ3n) is 7.84. The van der Waals surface area contributed by atoms with Gasteiger partial charge in [-0.15, -0.1) is 0 Å². The summed E-state index contributed by atoms with van der Waals surface area (Å²) in [4.78, 5) is 11.6. The molecule has 6 rings (SSSR count). The summed E-state index contributed by atoms with van der Waals surface area (Å²) in [5, 5.41) is 10.9. The number of phenols is 1. The average molecular weight is 433 g/mol. The summed E-state index contributed by atoms with van der Waals surface area (Å²) < 4.78 is 10.7. The Morgan fingerprint density at radius 2 is 1.75 bits per heavy atom. The molecule has 4 heteroatoms. The van der Waals surface area contributed by atoms with Crippen molar-refractivity contribution in [1.29, 1.82) is 0 Å². The van der Waals surface area contributed by atoms with Gasteiger partial charge >= 0.3 is 5.97 Å². The molecule has 0 aromatic heterocycles. The molecule has 0 spiro atoms. The van der Waals surface area contributed by atoms with Crippen molar-refractivity contribution in [3.8, 4) is 22.6 Å². The van der Waals surface area contributed by atoms with E-state index in [0.29, 0.717) is 12.4 Å². The van der Waals surface area contributed by atoms with Gasteiger partial charge < -0.3 is 14.6 Å². The quantitative estimate of drug-likeness (QED) is 0.442. The highest BCUT2D eigenvalue weighted by atomic mass is 16.5. The number of phenolic OH excluding ortho intramolecular Hbond substituents is 1. The Kier molecular flexibility index (Phi) is 5.48. The van der Waals surface area contributed by atoms with E-state index in [-0.39, 0.29) is 11.4 Å². The standard InChI is InChI=1S/C28H32O4/c1-3-32-27(30)9-5-18-4-7-23(26(13-18)31-2)22-6-8-25(29)24(14-22)28-15-19-10-20(16-28)12-21(11-19)17-28/h4-9,13-14,19-21,29H,3,10-12,15-17H2,1-2H3/b9-5+. The van der Waals surface area contributed by atoms with Crippen molar-refractivity contribution in [1.82, 2.24) is 0 Å². The molecule has 32 heavy (non-hydrogen) atoms. The predicted molar refractivity (Wildman–Crippen MR) is 126 cm³/mol. The SMILES string of the molecule is CCOC(=O)/C=C/c1ccc(-c2ccc(O)c(C34CC5CC(CC(C5)C3)C4)c2)c(OC)c1. The molecule has 4 saturated carbocycles. The number of carbonyl (C=O) groups excluding carboxylic acids is 1. The Bertz CT molecular complexity index is 1020. The van der Waals surface area contributed by atoms with Crippen LogP contribution in [0.15, 0.2) is 42.5 Å². The van der Waals surface area contributed by atoms with E-state index in [0.717, 1.165) is 45.8 Å². The summed E-state index contributed by atoms with van der Waals surface area (Å²) >= 11 is 0. The molecule has 2 aromatic rings. The molecular formula is C28H32O4. The van der Waals surface area contributed by atoms with E-state index in [1.807, 2.05) is 30.3 Å². The van der Waals surface area contributed by atoms with Crippen molar-refractivity contribution in [3.05, 3.63) is 53.6 Å². The highest BCUT2D eigenvalue weighted by molar-refractivity contribution is 5.87. The Balaban J connectivity index is 1.48. The number of carbonyl (C=O) groups is 1. The average Bonchev–Trinajstić information content (AvgIpc) is 2.77. The molecule has 0 radical (unpaired) electrons. The number of esters is 1. The minimum atomic E-state index is -0.353. The van der Waals surface area contributed by atoms with Crippen LogP contribution in [0.5, 0.6) is 11.5 Å². The van der Waals surface area contributed by atoms with Crippen molar-refractivity contribution in [2.45, 2.75) is 50.9 Å². The van der Waals surface area contributed by atoms with Crippen molar-refractivity contribution in [2.75, 3.05) is 13.7 Å². The highest BCUT2D eigenvalue weighted by Gasteiger charge is 2.52. The van der Waals surface area contributed by atoms with Crippen molar-refractivity contribution in [3.63, 3.8) is 0 Å². The van der Waals surface area contributed by atoms with Gasteiger partial charge in [0.15, 0.2) is 0 Å². The van der Waals surface area contributed by atoms with Crippen LogP contribution in [-0.2, 0) is 14.9 Å². The van der Waals surface area contributed by atoms with Gasteiger partial charge in [-0.3, -0.25) is 0 Å². The molecule has 4 nitrogen and oxygen atoms in total. The van der Waals surface area contributed by atoms with Crippen LogP contribution in [0.3, 0.4) is 0 Å². The Morgan fingerprint density at radius 1 is 1.06 bits per heavy atom. The predicted octanol–water partition coefficient (Wildman–Crippen LogP) is 6.11. The highest BCUT2D eigenvalue weighted by Crippen LogP contribution is 2.62. The molecule has 0 amide bonds. The van der Waals surface area contributed by atoms with E-state index in [4.69, 9.17) is 9.47 Å². The molecule has 0 saturated heterocycles. The number of benzene rings is 2. The minimum Gasteiger partial charge on any atom is -0.508 e. The number of hydrogen-bond acceptors (Lipinski definition) is 4. The molecular weight excluding hydrogens is 400 g/mol. The number of ether oxygens (including phenoxy) is 2. The molecule has 1 N–H and O–H groups in total. The first kappa shape index (κ1) is 21.1. The van der Waals surface area contributed by atoms with E-state index >= 15 is 0 Å². The number of rotatable bonds is 6. The number of aromatic hydroxyl groups is 1. The lowest BCUT2D eigenvalue weighted by Crippen LogP contribution is -2.48. The zero-order chi connectivity index (χ0) is 22.3. The molecule has 0 atom stereocenters. The third kappa shape index (κ3) is 3.80. The van der Waals surface area contributed by atoms with Crippen LogP contribution in [0.4, 0.5) is 0 Å². The molecule has 4 bridgehead atoms. The lowest BCUT2D eigenvalue weighted by molar-refractivity contribution is -0.137. The van der Waals surface area contributed by atoms with Gasteiger partial charge in [0, 0.05) is 17.2 Å². The largest absolute Gasteiger partial charge is 0.508 e. The first-order valence-electron chi connectivity index (χ1n) is 11.9. The van der Waals surface area contributed by atoms with Gasteiger partial charge in [0.2, 0.25) is 0 Å². The van der Waals surface area contributed by atoms with E-state index in [9.17, 15) is 9.90 Å². The molecule has 2 aromatic carbocycles. The van der Waals surface area contributed by atoms with E-state index in [1.165, 1.54) is 44.6 Å². The van der Waals surface area contributed by atoms with Gasteiger partial charge in [0.05, 0.1) is 13.7 Å². The summed E-state index contributed by atoms with van der Waals surface area (Å²) in [5.41, 5.74) is 4.18. The molecule has 0 unspecified atom stereocenters. The molecule has 4 fully saturated rings. The second-order valence-electron chi connectivity index (χ2n) is 9.97. The maximum Gasteiger partial charge on any atom is 0.330 e. The van der Waals surface area contributed by atoms with Crippen LogP contribution in [0.2, 0.25) is 0 Å². The topological polar surface area (TPSA) is 55.8 Å². The van der Waals surface area contributed by atoms with Gasteiger partial charge in [-0.05, 0) is 104 Å². The molecule has 4 aliphatic carbocycles. The first-order valence-corrected chi connectivity index (χ1v) is 11.9. The summed E-state index contributed by atoms with van der Waals surface area (Å²) in [6.45, 7) is 2.15. The fourth-order valence-corrected chi connectivity index (χ4v) is 6.97. The number of hydrogen-bond donors (Lipinski definition) is 1. The molecule has 0 aliphatic heterocycles. The summed E-state index contributed by atoms with van der Waals surface area (Å²) in [5.74, 6) is 3.30. The molecule has 168 valence electrons. The van der Waals surface area contributed by atoms with E-state index < -0.39 is 0 Å². The monoisotopic (exact) mass is 432 g/mol. The van der Waals surface area contributed by atoms with Crippen LogP contribution in [0.25, 0.3) is 17.2 Å². The van der Waals surface area contributed by atoms with E-state index in [1.54, 1.807) is 20.1 Å². The van der Waals surface area contributed by atoms with Crippen LogP contribution in [0.1, 0.15) is 56.6 Å². The fourth-order valence-electron chi connectivity index (χ4n) is 6.97. The number of methoxy groups -OCH3 is 1. The van der Waals surface area contributed by atoms with Gasteiger partial charge in [-0.2, -0.15) is 0 Å². The Labute approximate surface area is 190 Å². The summed E-state index contributed by atoms with van der Waals surface area (Å²) in [6, 6.07) is 12.0. The van der Waals surface area contributed by atoms with Crippen LogP contribution in [-0.4, -0.2) is 24.8 Å². The second kappa shape index (κ2) is 8.31. The lowest BCUT2D eigenvalue weighted by atomic mass is 9.48. The van der Waals surface area contributed by atoms with Gasteiger partial charge in [-0.25, -0.2) is 4.79 Å². The van der Waals surface area contributed by atoms with Crippen molar-refractivity contribution >= 4 is 12.0 Å². The lowest BCUT2D eigenvalue weighted by Gasteiger charge is -2.57. The smallest absolute Gasteiger partial charge is 0.330 e. The zero-order valence-corrected chi connectivity index (χ0v) is 19.0. The normalized spacial score (nSPS) is 28.2. The second-order valence-corrected chi connectivity index (χ2v) is 9.97. The maximum absolute atomic E-state index is 11.6. The maximum atomic E-state index is 11.6. The van der Waals surface area contributed by atoms with Crippen LogP contribution in [0, 0.1) is 17.8 Å². The Hall–Kier alpha value is -2.75. The zero-order valence-electron chi connectivity index (χ0n) is 19.0. The van der Waals surface area contributed by atoms with Gasteiger partial charge in [0.1, 0.15) is 11.5 Å². The van der Waals surface area contributed by atoms with Gasteiger partial charge in [-0.1, -0.05) is 18.2 Å². The van der Waals surface area contributed by atoms with Crippen molar-refractivity contribution < 1.29 is 19.4 Å². The minimum absolute atomic E-state index is 0.129. The molecule has 4 aliphatic rings. The fraction of sp³-hybridized carbons (Fsp3) is 0.464. The van der Waals surface area contributed by atoms with Gasteiger partial charge in [0.25, 0.3) is 0 Å². The third-order valence-corrected chi connectivity index (χ3v) is 7.84. The van der Waals surface area contributed by atoms with E-state index in [2.05, 4.69) is 6.07 Å².